The Kier molecular flexibility index (Phi) is 7.86. The molecule has 0 N–H and O–H groups in total. The number of piperazine rings is 1. The average molecular weight is 555 g/mol. The number of anilines is 2. The van der Waals surface area contributed by atoms with Gasteiger partial charge in [0.05, 0.1) is 28.3 Å². The van der Waals surface area contributed by atoms with Crippen molar-refractivity contribution in [2.45, 2.75) is 41.5 Å². The molecule has 1 saturated heterocycles. The van der Waals surface area contributed by atoms with Crippen LogP contribution < -0.4 is 14.5 Å². The van der Waals surface area contributed by atoms with Crippen molar-refractivity contribution in [3.63, 3.8) is 0 Å². The monoisotopic (exact) mass is 554 g/mol. The molecule has 2 fully saturated rings. The summed E-state index contributed by atoms with van der Waals surface area (Å²) in [6, 6.07) is 13.9. The van der Waals surface area contributed by atoms with Gasteiger partial charge in [-0.15, -0.1) is 0 Å². The molecule has 2 aromatic carbocycles. The van der Waals surface area contributed by atoms with Crippen molar-refractivity contribution in [2.24, 2.45) is 0 Å². The molecule has 5 rings (SSSR count). The molecule has 204 valence electrons. The highest BCUT2D eigenvalue weighted by atomic mass is 32.2. The molecular weight excluding hydrogens is 525 g/mol. The van der Waals surface area contributed by atoms with Crippen LogP contribution in [0.15, 0.2) is 58.5 Å². The van der Waals surface area contributed by atoms with Crippen molar-refractivity contribution in [2.75, 3.05) is 50.1 Å². The first kappa shape index (κ1) is 27.1. The number of ether oxygens (including phenoxy) is 1. The van der Waals surface area contributed by atoms with Crippen LogP contribution in [0.4, 0.5) is 24.8 Å². The van der Waals surface area contributed by atoms with E-state index in [1.807, 2.05) is 43.3 Å². The van der Waals surface area contributed by atoms with E-state index in [4.69, 9.17) is 15.0 Å². The van der Waals surface area contributed by atoms with E-state index in [0.29, 0.717) is 27.7 Å². The normalized spacial score (nSPS) is 16.2. The molecular formula is C28H29F3N6OS. The summed E-state index contributed by atoms with van der Waals surface area (Å²) >= 11 is 1.08. The van der Waals surface area contributed by atoms with Gasteiger partial charge in [0.2, 0.25) is 11.8 Å². The summed E-state index contributed by atoms with van der Waals surface area (Å²) in [6.45, 7) is 3.74. The topological polar surface area (TPSA) is 68.5 Å². The summed E-state index contributed by atoms with van der Waals surface area (Å²) in [5.41, 5.74) is 0.582. The molecule has 1 saturated carbocycles. The lowest BCUT2D eigenvalue weighted by molar-refractivity contribution is -0.137. The molecule has 0 amide bonds. The Hall–Kier alpha value is -3.49. The second-order valence-corrected chi connectivity index (χ2v) is 11.0. The molecule has 1 aromatic heterocycles. The van der Waals surface area contributed by atoms with E-state index >= 15 is 0 Å². The highest BCUT2D eigenvalue weighted by molar-refractivity contribution is 7.99. The van der Waals surface area contributed by atoms with E-state index in [2.05, 4.69) is 14.8 Å². The van der Waals surface area contributed by atoms with Crippen LogP contribution in [0.3, 0.4) is 0 Å². The quantitative estimate of drug-likeness (QED) is 0.364. The van der Waals surface area contributed by atoms with E-state index in [1.165, 1.54) is 25.0 Å². The Labute approximate surface area is 230 Å². The van der Waals surface area contributed by atoms with Crippen LogP contribution in [0, 0.1) is 11.3 Å². The zero-order valence-electron chi connectivity index (χ0n) is 21.8. The van der Waals surface area contributed by atoms with Crippen LogP contribution in [-0.2, 0) is 12.8 Å². The number of aromatic nitrogens is 2. The number of nitrogens with zero attached hydrogens (tertiary/aromatic N) is 6. The number of nitriles is 1. The summed E-state index contributed by atoms with van der Waals surface area (Å²) < 4.78 is 46.8. The number of rotatable bonds is 8. The summed E-state index contributed by atoms with van der Waals surface area (Å²) in [4.78, 5) is 16.7. The van der Waals surface area contributed by atoms with E-state index in [0.717, 1.165) is 55.3 Å². The molecule has 11 heteroatoms. The van der Waals surface area contributed by atoms with Crippen molar-refractivity contribution in [3.8, 4) is 11.9 Å². The van der Waals surface area contributed by atoms with Gasteiger partial charge < -0.3 is 14.5 Å². The van der Waals surface area contributed by atoms with Crippen molar-refractivity contribution in [3.05, 3.63) is 65.4 Å². The van der Waals surface area contributed by atoms with E-state index < -0.39 is 17.3 Å². The Morgan fingerprint density at radius 3 is 2.54 bits per heavy atom. The van der Waals surface area contributed by atoms with Gasteiger partial charge in [-0.3, -0.25) is 4.90 Å². The lowest BCUT2D eigenvalue weighted by Crippen LogP contribution is -2.47. The molecule has 0 unspecified atom stereocenters. The second-order valence-electron chi connectivity index (χ2n) is 9.87. The SMILES string of the molecule is CN(C)c1cccc(COc2nc(N3CCN(C4CC4)CC3)ncc2Sc2ccc(C#N)c(C(F)(F)F)c2)c1. The van der Waals surface area contributed by atoms with Gasteiger partial charge in [-0.05, 0) is 48.7 Å². The van der Waals surface area contributed by atoms with Crippen molar-refractivity contribution < 1.29 is 17.9 Å². The first-order valence-corrected chi connectivity index (χ1v) is 13.6. The van der Waals surface area contributed by atoms with Gasteiger partial charge in [-0.25, -0.2) is 4.98 Å². The highest BCUT2D eigenvalue weighted by Crippen LogP contribution is 2.39. The molecule has 0 radical (unpaired) electrons. The Morgan fingerprint density at radius 2 is 1.87 bits per heavy atom. The Bertz CT molecular complexity index is 1360. The van der Waals surface area contributed by atoms with Gasteiger partial charge in [-0.1, -0.05) is 23.9 Å². The van der Waals surface area contributed by atoms with Crippen LogP contribution in [0.25, 0.3) is 0 Å². The fraction of sp³-hybridized carbons (Fsp3) is 0.393. The van der Waals surface area contributed by atoms with Crippen molar-refractivity contribution in [1.29, 1.82) is 5.26 Å². The Balaban J connectivity index is 1.41. The highest BCUT2D eigenvalue weighted by Gasteiger charge is 2.34. The summed E-state index contributed by atoms with van der Waals surface area (Å²) in [5, 5.41) is 9.14. The molecule has 3 aromatic rings. The van der Waals surface area contributed by atoms with Gasteiger partial charge in [0, 0.05) is 56.9 Å². The third-order valence-electron chi connectivity index (χ3n) is 6.82. The smallest absolute Gasteiger partial charge is 0.417 e. The number of alkyl halides is 3. The Morgan fingerprint density at radius 1 is 1.10 bits per heavy atom. The molecule has 2 aliphatic rings. The summed E-state index contributed by atoms with van der Waals surface area (Å²) in [6.07, 6.45) is -0.500. The summed E-state index contributed by atoms with van der Waals surface area (Å²) in [7, 11) is 3.92. The first-order chi connectivity index (χ1) is 18.7. The van der Waals surface area contributed by atoms with Gasteiger partial charge in [-0.2, -0.15) is 23.4 Å². The lowest BCUT2D eigenvalue weighted by atomic mass is 10.1. The van der Waals surface area contributed by atoms with Crippen LogP contribution in [-0.4, -0.2) is 61.2 Å². The maximum atomic E-state index is 13.5. The second kappa shape index (κ2) is 11.3. The predicted octanol–water partition coefficient (Wildman–Crippen LogP) is 5.45. The molecule has 1 aliphatic carbocycles. The number of hydrogen-bond acceptors (Lipinski definition) is 8. The van der Waals surface area contributed by atoms with E-state index in [1.54, 1.807) is 12.3 Å². The molecule has 0 spiro atoms. The fourth-order valence-electron chi connectivity index (χ4n) is 4.52. The van der Waals surface area contributed by atoms with Gasteiger partial charge >= 0.3 is 6.18 Å². The minimum atomic E-state index is -4.64. The lowest BCUT2D eigenvalue weighted by Gasteiger charge is -2.34. The minimum Gasteiger partial charge on any atom is -0.472 e. The average Bonchev–Trinajstić information content (AvgIpc) is 3.78. The van der Waals surface area contributed by atoms with Crippen LogP contribution >= 0.6 is 11.8 Å². The first-order valence-electron chi connectivity index (χ1n) is 12.8. The van der Waals surface area contributed by atoms with Gasteiger partial charge in [0.1, 0.15) is 6.61 Å². The predicted molar refractivity (Wildman–Crippen MR) is 144 cm³/mol. The van der Waals surface area contributed by atoms with Crippen LogP contribution in [0.1, 0.15) is 29.5 Å². The third kappa shape index (κ3) is 6.57. The fourth-order valence-corrected chi connectivity index (χ4v) is 5.38. The number of halogens is 3. The van der Waals surface area contributed by atoms with Gasteiger partial charge in [0.15, 0.2) is 0 Å². The molecule has 7 nitrogen and oxygen atoms in total. The minimum absolute atomic E-state index is 0.238. The summed E-state index contributed by atoms with van der Waals surface area (Å²) in [5.74, 6) is 0.852. The zero-order chi connectivity index (χ0) is 27.6. The molecule has 39 heavy (non-hydrogen) atoms. The van der Waals surface area contributed by atoms with Crippen LogP contribution in [0.5, 0.6) is 5.88 Å². The standard InChI is InChI=1S/C28H29F3N6OS/c1-35(2)22-5-3-4-19(14-22)18-38-26-25(39-23-9-6-20(16-32)24(15-23)28(29,30)31)17-33-27(34-26)37-12-10-36(11-13-37)21-7-8-21/h3-6,9,14-15,17,21H,7-8,10-13,18H2,1-2H3. The van der Waals surface area contributed by atoms with Crippen LogP contribution in [0.2, 0.25) is 0 Å². The van der Waals surface area contributed by atoms with Gasteiger partial charge in [0.25, 0.3) is 0 Å². The van der Waals surface area contributed by atoms with Crippen molar-refractivity contribution in [1.82, 2.24) is 14.9 Å². The maximum Gasteiger partial charge on any atom is 0.417 e. The third-order valence-corrected chi connectivity index (χ3v) is 7.81. The van der Waals surface area contributed by atoms with E-state index in [-0.39, 0.29) is 6.61 Å². The van der Waals surface area contributed by atoms with E-state index in [9.17, 15) is 13.2 Å². The largest absolute Gasteiger partial charge is 0.472 e. The number of hydrogen-bond donors (Lipinski definition) is 0. The maximum absolute atomic E-state index is 13.5. The molecule has 2 heterocycles. The molecule has 0 atom stereocenters. The number of benzene rings is 2. The van der Waals surface area contributed by atoms with Crippen molar-refractivity contribution >= 4 is 23.4 Å². The zero-order valence-corrected chi connectivity index (χ0v) is 22.6. The molecule has 0 bridgehead atoms. The molecule has 1 aliphatic heterocycles.